The van der Waals surface area contributed by atoms with Crippen molar-refractivity contribution in [3.05, 3.63) is 130 Å². The van der Waals surface area contributed by atoms with Crippen LogP contribution in [0.3, 0.4) is 0 Å². The van der Waals surface area contributed by atoms with Gasteiger partial charge in [0.1, 0.15) is 10.8 Å². The van der Waals surface area contributed by atoms with Crippen LogP contribution >= 0.6 is 0 Å². The highest BCUT2D eigenvalue weighted by atomic mass is 32.2. The van der Waals surface area contributed by atoms with Crippen LogP contribution in [0.1, 0.15) is 93.0 Å². The molecule has 0 N–H and O–H groups in total. The van der Waals surface area contributed by atoms with Crippen molar-refractivity contribution < 1.29 is 83.6 Å². The molecule has 8 rings (SSSR count). The summed E-state index contributed by atoms with van der Waals surface area (Å²) in [5.41, 5.74) is -6.29. The molecule has 4 aromatic carbocycles. The molecule has 2 fully saturated rings. The molecule has 0 aromatic heterocycles. The molecule has 20 heteroatoms. The third-order valence-electron chi connectivity index (χ3n) is 15.1. The number of hydrogen-bond acceptors (Lipinski definition) is 18. The Morgan fingerprint density at radius 2 is 0.770 bits per heavy atom. The second-order valence-electron chi connectivity index (χ2n) is 18.9. The Labute approximate surface area is 428 Å². The Bertz CT molecular complexity index is 2930. The number of rotatable bonds is 12. The minimum absolute atomic E-state index is 0.0151. The molecule has 0 spiro atoms. The minimum Gasteiger partial charge on any atom is -0.468 e. The normalized spacial score (nSPS) is 23.9. The SMILES string of the molecule is CCOC(=O)[C@@]12CC(C(=O)OC)(C(=O)OC)C[C@H]1[C@H](S(=O)(=O)c1ccc(C)cc1)c1ccccc1C2=O.CCOC(=O)[C@]12CC(C(=O)OC)(C(=O)OC)C[C@@H]1[C@@H](S(=O)(=O)c1ccc(C)cc1)c1ccccc1C2=O. The standard InChI is InChI=1S/2C27H28O9S/c2*1-5-36-25(31)27-15-26(23(29)34-3,24(30)35-4)14-20(27)21(18-8-6-7-9-19(18)22(27)28)37(32,33)17-12-10-16(2)11-13-17/h2*6-13,20-21H,5,14-15H2,1-4H3/t2*20-,21+,27-/m10/s1. The molecular formula is C54H56O18S2. The Kier molecular flexibility index (Phi) is 15.0. The summed E-state index contributed by atoms with van der Waals surface area (Å²) in [4.78, 5) is 108. The van der Waals surface area contributed by atoms with Gasteiger partial charge in [0.2, 0.25) is 0 Å². The molecule has 74 heavy (non-hydrogen) atoms. The molecule has 2 saturated carbocycles. The van der Waals surface area contributed by atoms with Crippen molar-refractivity contribution in [3.8, 4) is 0 Å². The van der Waals surface area contributed by atoms with Crippen LogP contribution in [0.5, 0.6) is 0 Å². The molecule has 0 unspecified atom stereocenters. The van der Waals surface area contributed by atoms with Gasteiger partial charge in [-0.1, -0.05) is 83.9 Å². The molecule has 392 valence electrons. The summed E-state index contributed by atoms with van der Waals surface area (Å²) in [6.07, 6.45) is -2.17. The monoisotopic (exact) mass is 1060 g/mol. The average molecular weight is 1060 g/mol. The molecular weight excluding hydrogens is 1000 g/mol. The zero-order chi connectivity index (χ0) is 54.3. The molecule has 0 radical (unpaired) electrons. The molecule has 4 aromatic rings. The van der Waals surface area contributed by atoms with Crippen molar-refractivity contribution in [3.63, 3.8) is 0 Å². The van der Waals surface area contributed by atoms with E-state index in [0.717, 1.165) is 39.6 Å². The first kappa shape index (κ1) is 54.7. The highest BCUT2D eigenvalue weighted by molar-refractivity contribution is 7.92. The largest absolute Gasteiger partial charge is 0.468 e. The van der Waals surface area contributed by atoms with E-state index in [4.69, 9.17) is 28.4 Å². The van der Waals surface area contributed by atoms with E-state index in [9.17, 15) is 55.2 Å². The van der Waals surface area contributed by atoms with E-state index in [1.54, 1.807) is 62.4 Å². The molecule has 0 saturated heterocycles. The molecule has 0 amide bonds. The predicted molar refractivity (Wildman–Crippen MR) is 260 cm³/mol. The van der Waals surface area contributed by atoms with Crippen molar-refractivity contribution in [2.24, 2.45) is 33.5 Å². The van der Waals surface area contributed by atoms with Gasteiger partial charge in [0.15, 0.2) is 42.1 Å². The van der Waals surface area contributed by atoms with Crippen molar-refractivity contribution in [1.29, 1.82) is 0 Å². The number of hydrogen-bond donors (Lipinski definition) is 0. The number of carbonyl (C=O) groups is 8. The molecule has 0 bridgehead atoms. The summed E-state index contributed by atoms with van der Waals surface area (Å²) in [5, 5.41) is -2.85. The van der Waals surface area contributed by atoms with Gasteiger partial charge in [-0.2, -0.15) is 0 Å². The van der Waals surface area contributed by atoms with E-state index in [0.29, 0.717) is 0 Å². The maximum Gasteiger partial charge on any atom is 0.323 e. The molecule has 18 nitrogen and oxygen atoms in total. The number of aryl methyl sites for hydroxylation is 2. The quantitative estimate of drug-likeness (QED) is 0.0895. The van der Waals surface area contributed by atoms with E-state index in [-0.39, 0.29) is 45.3 Å². The maximum absolute atomic E-state index is 14.2. The van der Waals surface area contributed by atoms with Gasteiger partial charge in [0.25, 0.3) is 0 Å². The fourth-order valence-corrected chi connectivity index (χ4v) is 16.0. The number of ether oxygens (including phenoxy) is 6. The molecule has 6 atom stereocenters. The van der Waals surface area contributed by atoms with E-state index in [2.05, 4.69) is 0 Å². The second-order valence-corrected chi connectivity index (χ2v) is 23.0. The first-order chi connectivity index (χ1) is 35.0. The first-order valence-corrected chi connectivity index (χ1v) is 26.7. The lowest BCUT2D eigenvalue weighted by atomic mass is 9.64. The lowest BCUT2D eigenvalue weighted by Gasteiger charge is -2.41. The number of carbonyl (C=O) groups excluding carboxylic acids is 8. The number of methoxy groups -OCH3 is 4. The highest BCUT2D eigenvalue weighted by Gasteiger charge is 2.76. The third-order valence-corrected chi connectivity index (χ3v) is 19.4. The van der Waals surface area contributed by atoms with Crippen LogP contribution < -0.4 is 0 Å². The third kappa shape index (κ3) is 8.29. The van der Waals surface area contributed by atoms with E-state index in [1.165, 1.54) is 48.5 Å². The highest BCUT2D eigenvalue weighted by Crippen LogP contribution is 2.66. The zero-order valence-electron chi connectivity index (χ0n) is 42.0. The Hall–Kier alpha value is -7.06. The Balaban J connectivity index is 0.000000216. The Morgan fingerprint density at radius 3 is 1.05 bits per heavy atom. The lowest BCUT2D eigenvalue weighted by Crippen LogP contribution is -2.51. The number of ketones is 2. The van der Waals surface area contributed by atoms with Gasteiger partial charge in [-0.3, -0.25) is 38.4 Å². The van der Waals surface area contributed by atoms with Crippen LogP contribution in [-0.4, -0.2) is 106 Å². The lowest BCUT2D eigenvalue weighted by molar-refractivity contribution is -0.171. The zero-order valence-corrected chi connectivity index (χ0v) is 43.6. The Morgan fingerprint density at radius 1 is 0.473 bits per heavy atom. The van der Waals surface area contributed by atoms with Crippen LogP contribution in [0.25, 0.3) is 0 Å². The van der Waals surface area contributed by atoms with Gasteiger partial charge in [-0.25, -0.2) is 16.8 Å². The summed E-state index contributed by atoms with van der Waals surface area (Å²) in [7, 11) is -4.18. The fourth-order valence-electron chi connectivity index (χ4n) is 11.7. The average Bonchev–Trinajstić information content (AvgIpc) is 3.96. The van der Waals surface area contributed by atoms with Crippen LogP contribution in [0.2, 0.25) is 0 Å². The first-order valence-electron chi connectivity index (χ1n) is 23.6. The second kappa shape index (κ2) is 20.3. The van der Waals surface area contributed by atoms with Crippen molar-refractivity contribution >= 4 is 67.1 Å². The number of sulfone groups is 2. The van der Waals surface area contributed by atoms with Crippen molar-refractivity contribution in [2.75, 3.05) is 41.7 Å². The van der Waals surface area contributed by atoms with Crippen molar-refractivity contribution in [2.45, 2.75) is 73.7 Å². The van der Waals surface area contributed by atoms with Gasteiger partial charge < -0.3 is 28.4 Å². The predicted octanol–water partition coefficient (Wildman–Crippen LogP) is 6.00. The fraction of sp³-hybridized carbons (Fsp3) is 0.407. The summed E-state index contributed by atoms with van der Waals surface area (Å²) in [5.74, 6) is -10.0. The van der Waals surface area contributed by atoms with Crippen LogP contribution in [0.15, 0.2) is 107 Å². The van der Waals surface area contributed by atoms with Gasteiger partial charge in [0.05, 0.1) is 61.9 Å². The minimum atomic E-state index is -4.24. The van der Waals surface area contributed by atoms with E-state index in [1.807, 2.05) is 13.8 Å². The number of esters is 6. The molecule has 0 aliphatic heterocycles. The molecule has 0 heterocycles. The number of fused-ring (bicyclic) bond motifs is 4. The van der Waals surface area contributed by atoms with Crippen LogP contribution in [0.4, 0.5) is 0 Å². The maximum atomic E-state index is 14.2. The van der Waals surface area contributed by atoms with Gasteiger partial charge in [0, 0.05) is 23.0 Å². The van der Waals surface area contributed by atoms with Crippen molar-refractivity contribution in [1.82, 2.24) is 0 Å². The van der Waals surface area contributed by atoms with Gasteiger partial charge in [-0.05, 0) is 88.8 Å². The molecule has 4 aliphatic rings. The smallest absolute Gasteiger partial charge is 0.323 e. The van der Waals surface area contributed by atoms with Gasteiger partial charge >= 0.3 is 35.8 Å². The summed E-state index contributed by atoms with van der Waals surface area (Å²) < 4.78 is 87.3. The summed E-state index contributed by atoms with van der Waals surface area (Å²) >= 11 is 0. The van der Waals surface area contributed by atoms with E-state index >= 15 is 0 Å². The topological polar surface area (TPSA) is 260 Å². The van der Waals surface area contributed by atoms with Crippen LogP contribution in [-0.2, 0) is 76.9 Å². The number of benzene rings is 4. The summed E-state index contributed by atoms with van der Waals surface area (Å²) in [6.45, 7) is 6.54. The van der Waals surface area contributed by atoms with Gasteiger partial charge in [-0.15, -0.1) is 0 Å². The molecule has 4 aliphatic carbocycles. The van der Waals surface area contributed by atoms with Crippen LogP contribution in [0, 0.1) is 47.3 Å². The van der Waals surface area contributed by atoms with E-state index < -0.39 is 137 Å². The summed E-state index contributed by atoms with van der Waals surface area (Å²) in [6, 6.07) is 24.7. The number of Topliss-reactive ketones (excluding diaryl/α,β-unsaturated/α-hetero) is 2.